The number of piperidine rings is 1. The maximum atomic E-state index is 13.5. The summed E-state index contributed by atoms with van der Waals surface area (Å²) in [7, 11) is 1.27. The third kappa shape index (κ3) is 2.29. The van der Waals surface area contributed by atoms with Crippen molar-refractivity contribution in [1.82, 2.24) is 9.88 Å². The maximum absolute atomic E-state index is 13.5. The summed E-state index contributed by atoms with van der Waals surface area (Å²) in [5, 5.41) is 0.805. The third-order valence-corrected chi connectivity index (χ3v) is 6.92. The number of nitrogens with one attached hydrogen (secondary N) is 1. The Hall–Kier alpha value is -3.29. The first kappa shape index (κ1) is 20.6. The Morgan fingerprint density at radius 1 is 1.31 bits per heavy atom. The number of carbonyl (C=O) groups excluding carboxylic acids is 3. The van der Waals surface area contributed by atoms with Gasteiger partial charge in [-0.25, -0.2) is 4.79 Å². The number of hydrogen-bond acceptors (Lipinski definition) is 6. The number of esters is 2. The van der Waals surface area contributed by atoms with E-state index in [1.54, 1.807) is 31.7 Å². The van der Waals surface area contributed by atoms with Crippen LogP contribution in [0.1, 0.15) is 44.5 Å². The zero-order chi connectivity index (χ0) is 23.1. The van der Waals surface area contributed by atoms with E-state index in [2.05, 4.69) is 11.6 Å². The number of aromatic amines is 1. The molecule has 4 bridgehead atoms. The van der Waals surface area contributed by atoms with Crippen molar-refractivity contribution in [3.05, 3.63) is 48.2 Å². The van der Waals surface area contributed by atoms with Gasteiger partial charge in [0, 0.05) is 28.9 Å². The van der Waals surface area contributed by atoms with Crippen molar-refractivity contribution in [3.8, 4) is 0 Å². The maximum Gasteiger partial charge on any atom is 0.410 e. The largest absolute Gasteiger partial charge is 0.468 e. The zero-order valence-electron chi connectivity index (χ0n) is 18.6. The van der Waals surface area contributed by atoms with Crippen LogP contribution in [0.3, 0.4) is 0 Å². The van der Waals surface area contributed by atoms with Crippen molar-refractivity contribution in [3.63, 3.8) is 0 Å². The van der Waals surface area contributed by atoms with Crippen LogP contribution in [0.5, 0.6) is 0 Å². The normalized spacial score (nSPS) is 30.5. The number of H-pyrrole nitrogens is 1. The SMILES string of the molecule is C=C[C@]12OC(=O)[C@@]3(C(=O)OC)c4[nH]c5ccccc5c4[C@@H]1N(C(=O)OC(C)(C)C)CC[C@H]32. The smallest absolute Gasteiger partial charge is 0.410 e. The zero-order valence-corrected chi connectivity index (χ0v) is 18.6. The Labute approximate surface area is 185 Å². The Morgan fingerprint density at radius 2 is 2.03 bits per heavy atom. The predicted octanol–water partition coefficient (Wildman–Crippen LogP) is 3.37. The molecular formula is C24H26N2O6. The molecule has 2 fully saturated rings. The van der Waals surface area contributed by atoms with Gasteiger partial charge >= 0.3 is 18.0 Å². The van der Waals surface area contributed by atoms with E-state index >= 15 is 0 Å². The molecule has 2 saturated heterocycles. The van der Waals surface area contributed by atoms with E-state index in [-0.39, 0.29) is 0 Å². The van der Waals surface area contributed by atoms with Crippen molar-refractivity contribution in [2.24, 2.45) is 5.92 Å². The molecule has 4 atom stereocenters. The van der Waals surface area contributed by atoms with Crippen LogP contribution in [-0.2, 0) is 29.2 Å². The van der Waals surface area contributed by atoms with E-state index in [0.29, 0.717) is 24.2 Å². The number of rotatable bonds is 2. The minimum atomic E-state index is -1.65. The van der Waals surface area contributed by atoms with Crippen LogP contribution in [0.15, 0.2) is 36.9 Å². The van der Waals surface area contributed by atoms with Crippen LogP contribution >= 0.6 is 0 Å². The van der Waals surface area contributed by atoms with E-state index in [1.807, 2.05) is 24.3 Å². The van der Waals surface area contributed by atoms with Crippen LogP contribution < -0.4 is 0 Å². The van der Waals surface area contributed by atoms with Crippen molar-refractivity contribution < 1.29 is 28.6 Å². The molecule has 3 aliphatic rings. The number of para-hydroxylation sites is 1. The van der Waals surface area contributed by atoms with Crippen molar-refractivity contribution in [2.45, 2.75) is 49.9 Å². The van der Waals surface area contributed by atoms with Gasteiger partial charge in [0.25, 0.3) is 0 Å². The van der Waals surface area contributed by atoms with E-state index in [9.17, 15) is 14.4 Å². The Balaban J connectivity index is 1.84. The Kier molecular flexibility index (Phi) is 4.10. The highest BCUT2D eigenvalue weighted by Crippen LogP contribution is 2.65. The fourth-order valence-corrected chi connectivity index (χ4v) is 5.84. The van der Waals surface area contributed by atoms with Crippen LogP contribution in [0, 0.1) is 5.92 Å². The van der Waals surface area contributed by atoms with Crippen molar-refractivity contribution >= 4 is 28.9 Å². The third-order valence-electron chi connectivity index (χ3n) is 6.92. The second-order valence-electron chi connectivity index (χ2n) is 9.62. The summed E-state index contributed by atoms with van der Waals surface area (Å²) < 4.78 is 16.8. The fraction of sp³-hybridized carbons (Fsp3) is 0.458. The van der Waals surface area contributed by atoms with Gasteiger partial charge in [-0.1, -0.05) is 24.8 Å². The number of likely N-dealkylation sites (tertiary alicyclic amines) is 1. The molecule has 0 spiro atoms. The first-order chi connectivity index (χ1) is 15.1. The number of benzene rings is 1. The number of aromatic nitrogens is 1. The second kappa shape index (κ2) is 6.37. The van der Waals surface area contributed by atoms with E-state index in [4.69, 9.17) is 14.2 Å². The molecule has 1 N–H and O–H groups in total. The van der Waals surface area contributed by atoms with Crippen molar-refractivity contribution in [2.75, 3.05) is 13.7 Å². The van der Waals surface area contributed by atoms with Gasteiger partial charge in [0.2, 0.25) is 5.41 Å². The van der Waals surface area contributed by atoms with Crippen LogP contribution in [0.2, 0.25) is 0 Å². The van der Waals surface area contributed by atoms with Gasteiger partial charge in [0.05, 0.1) is 12.8 Å². The number of nitrogens with zero attached hydrogens (tertiary/aromatic N) is 1. The molecule has 1 aromatic heterocycles. The molecule has 0 unspecified atom stereocenters. The number of fused-ring (bicyclic) bond motifs is 5. The van der Waals surface area contributed by atoms with Crippen LogP contribution in [0.25, 0.3) is 10.9 Å². The molecule has 3 heterocycles. The van der Waals surface area contributed by atoms with E-state index in [0.717, 1.165) is 10.9 Å². The van der Waals surface area contributed by atoms with Gasteiger partial charge in [-0.2, -0.15) is 0 Å². The van der Waals surface area contributed by atoms with Gasteiger partial charge in [-0.3, -0.25) is 14.5 Å². The highest BCUT2D eigenvalue weighted by atomic mass is 16.6. The summed E-state index contributed by atoms with van der Waals surface area (Å²) in [5.41, 5.74) is -1.77. The Morgan fingerprint density at radius 3 is 2.69 bits per heavy atom. The second-order valence-corrected chi connectivity index (χ2v) is 9.62. The average Bonchev–Trinajstić information content (AvgIpc) is 3.21. The minimum absolute atomic E-state index is 0.300. The number of carbonyl (C=O) groups is 3. The Bertz CT molecular complexity index is 1180. The highest BCUT2D eigenvalue weighted by molar-refractivity contribution is 6.11. The molecule has 0 saturated carbocycles. The number of amides is 1. The molecule has 2 aliphatic heterocycles. The summed E-state index contributed by atoms with van der Waals surface area (Å²) in [4.78, 5) is 45.0. The molecule has 168 valence electrons. The standard InChI is InChI=1S/C24H26N2O6/c1-6-23-15-11-12-26(21(29)32-22(2,3)4)18(23)16-13-9-7-8-10-14(13)25-17(16)24(15,19(27)30-5)20(28)31-23/h6-10,15,18,25H,1,11-12H2,2-5H3/t15-,18-,23+,24+/m0/s1. The fourth-order valence-electron chi connectivity index (χ4n) is 5.84. The van der Waals surface area contributed by atoms with Crippen LogP contribution in [-0.4, -0.2) is 52.8 Å². The number of ether oxygens (including phenoxy) is 3. The summed E-state index contributed by atoms with van der Waals surface area (Å²) in [6, 6.07) is 6.83. The van der Waals surface area contributed by atoms with Crippen LogP contribution in [0.4, 0.5) is 4.79 Å². The first-order valence-corrected chi connectivity index (χ1v) is 10.7. The lowest BCUT2D eigenvalue weighted by Crippen LogP contribution is -2.63. The highest BCUT2D eigenvalue weighted by Gasteiger charge is 2.78. The molecule has 32 heavy (non-hydrogen) atoms. The summed E-state index contributed by atoms with van der Waals surface area (Å²) >= 11 is 0. The summed E-state index contributed by atoms with van der Waals surface area (Å²) in [5.74, 6) is -1.93. The molecule has 2 aromatic rings. The molecular weight excluding hydrogens is 412 g/mol. The lowest BCUT2D eigenvalue weighted by molar-refractivity contribution is -0.159. The molecule has 8 nitrogen and oxygen atoms in total. The monoisotopic (exact) mass is 438 g/mol. The lowest BCUT2D eigenvalue weighted by Gasteiger charge is -2.52. The van der Waals surface area contributed by atoms with Gasteiger partial charge in [0.15, 0.2) is 5.60 Å². The number of methoxy groups -OCH3 is 1. The molecule has 1 amide bonds. The van der Waals surface area contributed by atoms with Crippen molar-refractivity contribution in [1.29, 1.82) is 0 Å². The van der Waals surface area contributed by atoms with Gasteiger partial charge < -0.3 is 19.2 Å². The summed E-state index contributed by atoms with van der Waals surface area (Å²) in [6.45, 7) is 9.68. The predicted molar refractivity (Wildman–Crippen MR) is 115 cm³/mol. The molecule has 1 aliphatic carbocycles. The topological polar surface area (TPSA) is 97.9 Å². The molecule has 5 rings (SSSR count). The quantitative estimate of drug-likeness (QED) is 0.334. The van der Waals surface area contributed by atoms with Gasteiger partial charge in [-0.15, -0.1) is 0 Å². The lowest BCUT2D eigenvalue weighted by atomic mass is 9.56. The number of hydrogen-bond donors (Lipinski definition) is 1. The average molecular weight is 438 g/mol. The van der Waals surface area contributed by atoms with E-state index in [1.165, 1.54) is 7.11 Å². The van der Waals surface area contributed by atoms with Gasteiger partial charge in [0.1, 0.15) is 11.6 Å². The summed E-state index contributed by atoms with van der Waals surface area (Å²) in [6.07, 6.45) is 1.40. The first-order valence-electron chi connectivity index (χ1n) is 10.7. The molecule has 0 radical (unpaired) electrons. The molecule has 1 aromatic carbocycles. The van der Waals surface area contributed by atoms with Gasteiger partial charge in [-0.05, 0) is 39.3 Å². The molecule has 8 heteroatoms. The minimum Gasteiger partial charge on any atom is -0.468 e. The van der Waals surface area contributed by atoms with E-state index < -0.39 is 46.6 Å².